The molecule has 0 aliphatic carbocycles. The monoisotopic (exact) mass is 152 g/mol. The molecule has 1 aromatic rings. The number of nitrogens with one attached hydrogen (secondary N) is 2. The van der Waals surface area contributed by atoms with E-state index in [4.69, 9.17) is 0 Å². The second-order valence-corrected chi connectivity index (χ2v) is 2.17. The average Bonchev–Trinajstić information content (AvgIpc) is 2.52. The van der Waals surface area contributed by atoms with Gasteiger partial charge in [0.05, 0.1) is 12.2 Å². The van der Waals surface area contributed by atoms with Crippen LogP contribution in [-0.4, -0.2) is 22.0 Å². The summed E-state index contributed by atoms with van der Waals surface area (Å²) in [6, 6.07) is 0.110. The van der Waals surface area contributed by atoms with Crippen LogP contribution in [0.3, 0.4) is 0 Å². The van der Waals surface area contributed by atoms with E-state index in [2.05, 4.69) is 27.3 Å². The summed E-state index contributed by atoms with van der Waals surface area (Å²) in [5.74, 6) is 0. The van der Waals surface area contributed by atoms with Gasteiger partial charge in [-0.05, 0) is 6.54 Å². The normalized spacial score (nSPS) is 12.8. The molecule has 60 valence electrons. The number of hydrogen-bond acceptors (Lipinski definition) is 3. The Labute approximate surface area is 65.7 Å². The SMILES string of the molecule is C=CC(NCC)c1cn[nH]n1. The van der Waals surface area contributed by atoms with E-state index in [1.54, 1.807) is 12.3 Å². The molecule has 0 aliphatic heterocycles. The second kappa shape index (κ2) is 3.88. The van der Waals surface area contributed by atoms with Crippen LogP contribution in [0.1, 0.15) is 18.7 Å². The number of rotatable bonds is 4. The Morgan fingerprint density at radius 1 is 1.91 bits per heavy atom. The van der Waals surface area contributed by atoms with Crippen LogP contribution in [0.25, 0.3) is 0 Å². The maximum absolute atomic E-state index is 3.94. The first-order chi connectivity index (χ1) is 5.38. The first-order valence-electron chi connectivity index (χ1n) is 3.60. The van der Waals surface area contributed by atoms with Gasteiger partial charge in [0.15, 0.2) is 0 Å². The Hall–Kier alpha value is -1.16. The van der Waals surface area contributed by atoms with Gasteiger partial charge in [0.2, 0.25) is 0 Å². The van der Waals surface area contributed by atoms with Gasteiger partial charge in [0.1, 0.15) is 5.69 Å². The molecule has 0 saturated heterocycles. The van der Waals surface area contributed by atoms with Gasteiger partial charge in [-0.1, -0.05) is 13.0 Å². The van der Waals surface area contributed by atoms with Gasteiger partial charge in [0.25, 0.3) is 0 Å². The van der Waals surface area contributed by atoms with E-state index in [1.807, 2.05) is 6.92 Å². The molecule has 11 heavy (non-hydrogen) atoms. The average molecular weight is 152 g/mol. The molecule has 1 atom stereocenters. The topological polar surface area (TPSA) is 53.6 Å². The molecule has 0 fully saturated rings. The van der Waals surface area contributed by atoms with Gasteiger partial charge in [-0.3, -0.25) is 0 Å². The lowest BCUT2D eigenvalue weighted by Crippen LogP contribution is -2.18. The van der Waals surface area contributed by atoms with Crippen molar-refractivity contribution in [2.45, 2.75) is 13.0 Å². The summed E-state index contributed by atoms with van der Waals surface area (Å²) >= 11 is 0. The van der Waals surface area contributed by atoms with Crippen molar-refractivity contribution in [3.63, 3.8) is 0 Å². The maximum atomic E-state index is 3.94. The summed E-state index contributed by atoms with van der Waals surface area (Å²) in [6.07, 6.45) is 3.50. The summed E-state index contributed by atoms with van der Waals surface area (Å²) in [5.41, 5.74) is 0.877. The van der Waals surface area contributed by atoms with E-state index in [9.17, 15) is 0 Å². The van der Waals surface area contributed by atoms with E-state index in [0.717, 1.165) is 12.2 Å². The molecular formula is C7H12N4. The third kappa shape index (κ3) is 1.88. The Morgan fingerprint density at radius 3 is 3.18 bits per heavy atom. The first-order valence-corrected chi connectivity index (χ1v) is 3.60. The largest absolute Gasteiger partial charge is 0.306 e. The fourth-order valence-electron chi connectivity index (χ4n) is 0.889. The smallest absolute Gasteiger partial charge is 0.103 e. The minimum atomic E-state index is 0.110. The predicted molar refractivity (Wildman–Crippen MR) is 43.0 cm³/mol. The number of likely N-dealkylation sites (N-methyl/N-ethyl adjacent to an activating group) is 1. The molecule has 1 unspecified atom stereocenters. The molecule has 0 bridgehead atoms. The Bertz CT molecular complexity index is 204. The molecule has 0 saturated carbocycles. The number of hydrogen-bond donors (Lipinski definition) is 2. The standard InChI is InChI=1S/C7H12N4/c1-3-6(8-4-2)7-5-9-11-10-7/h3,5-6,8H,1,4H2,2H3,(H,9,10,11). The van der Waals surface area contributed by atoms with Gasteiger partial charge in [-0.2, -0.15) is 15.4 Å². The second-order valence-electron chi connectivity index (χ2n) is 2.17. The quantitative estimate of drug-likeness (QED) is 0.622. The highest BCUT2D eigenvalue weighted by Gasteiger charge is 2.06. The molecule has 1 heterocycles. The zero-order valence-corrected chi connectivity index (χ0v) is 6.54. The lowest BCUT2D eigenvalue weighted by Gasteiger charge is -2.08. The summed E-state index contributed by atoms with van der Waals surface area (Å²) < 4.78 is 0. The molecule has 0 amide bonds. The van der Waals surface area contributed by atoms with Crippen LogP contribution < -0.4 is 5.32 Å². The molecule has 0 radical (unpaired) electrons. The molecular weight excluding hydrogens is 140 g/mol. The van der Waals surface area contributed by atoms with Crippen molar-refractivity contribution in [2.75, 3.05) is 6.54 Å². The summed E-state index contributed by atoms with van der Waals surface area (Å²) in [4.78, 5) is 0. The highest BCUT2D eigenvalue weighted by atomic mass is 15.3. The van der Waals surface area contributed by atoms with Crippen LogP contribution in [0, 0.1) is 0 Å². The molecule has 4 heteroatoms. The van der Waals surface area contributed by atoms with Crippen LogP contribution in [0.15, 0.2) is 18.9 Å². The van der Waals surface area contributed by atoms with Gasteiger partial charge in [-0.25, -0.2) is 0 Å². The van der Waals surface area contributed by atoms with Gasteiger partial charge < -0.3 is 5.32 Å². The summed E-state index contributed by atoms with van der Waals surface area (Å²) in [7, 11) is 0. The lowest BCUT2D eigenvalue weighted by molar-refractivity contribution is 0.631. The number of aromatic amines is 1. The van der Waals surface area contributed by atoms with Crippen molar-refractivity contribution in [3.05, 3.63) is 24.5 Å². The number of aromatic nitrogens is 3. The van der Waals surface area contributed by atoms with Gasteiger partial charge in [0, 0.05) is 0 Å². The first kappa shape index (κ1) is 7.94. The van der Waals surface area contributed by atoms with Crippen molar-refractivity contribution < 1.29 is 0 Å². The van der Waals surface area contributed by atoms with Crippen molar-refractivity contribution in [2.24, 2.45) is 0 Å². The molecule has 4 nitrogen and oxygen atoms in total. The molecule has 0 spiro atoms. The van der Waals surface area contributed by atoms with Crippen molar-refractivity contribution >= 4 is 0 Å². The fourth-order valence-corrected chi connectivity index (χ4v) is 0.889. The summed E-state index contributed by atoms with van der Waals surface area (Å²) in [6.45, 7) is 6.62. The van der Waals surface area contributed by atoms with E-state index in [0.29, 0.717) is 0 Å². The predicted octanol–water partition coefficient (Wildman–Crippen LogP) is 0.641. The zero-order valence-electron chi connectivity index (χ0n) is 6.54. The minimum absolute atomic E-state index is 0.110. The molecule has 0 aromatic carbocycles. The van der Waals surface area contributed by atoms with E-state index in [-0.39, 0.29) is 6.04 Å². The van der Waals surface area contributed by atoms with Gasteiger partial charge >= 0.3 is 0 Å². The summed E-state index contributed by atoms with van der Waals surface area (Å²) in [5, 5.41) is 13.4. The van der Waals surface area contributed by atoms with E-state index < -0.39 is 0 Å². The van der Waals surface area contributed by atoms with Crippen LogP contribution >= 0.6 is 0 Å². The number of nitrogens with zero attached hydrogens (tertiary/aromatic N) is 2. The Balaban J connectivity index is 2.63. The van der Waals surface area contributed by atoms with Gasteiger partial charge in [-0.15, -0.1) is 6.58 Å². The molecule has 1 rings (SSSR count). The number of H-pyrrole nitrogens is 1. The highest BCUT2D eigenvalue weighted by Crippen LogP contribution is 2.07. The van der Waals surface area contributed by atoms with E-state index in [1.165, 1.54) is 0 Å². The molecule has 0 aliphatic rings. The third-order valence-electron chi connectivity index (χ3n) is 1.41. The third-order valence-corrected chi connectivity index (χ3v) is 1.41. The molecule has 2 N–H and O–H groups in total. The molecule has 1 aromatic heterocycles. The Morgan fingerprint density at radius 2 is 2.73 bits per heavy atom. The van der Waals surface area contributed by atoms with Crippen molar-refractivity contribution in [3.8, 4) is 0 Å². The van der Waals surface area contributed by atoms with Crippen molar-refractivity contribution in [1.29, 1.82) is 0 Å². The fraction of sp³-hybridized carbons (Fsp3) is 0.429. The highest BCUT2D eigenvalue weighted by molar-refractivity contribution is 5.06. The Kier molecular flexibility index (Phi) is 2.80. The van der Waals surface area contributed by atoms with Crippen LogP contribution in [0.4, 0.5) is 0 Å². The van der Waals surface area contributed by atoms with Crippen LogP contribution in [0.5, 0.6) is 0 Å². The van der Waals surface area contributed by atoms with Crippen LogP contribution in [-0.2, 0) is 0 Å². The van der Waals surface area contributed by atoms with Crippen LogP contribution in [0.2, 0.25) is 0 Å². The maximum Gasteiger partial charge on any atom is 0.103 e. The van der Waals surface area contributed by atoms with Crippen molar-refractivity contribution in [1.82, 2.24) is 20.7 Å². The van der Waals surface area contributed by atoms with E-state index >= 15 is 0 Å². The minimum Gasteiger partial charge on any atom is -0.306 e. The zero-order chi connectivity index (χ0) is 8.10. The lowest BCUT2D eigenvalue weighted by atomic mass is 10.2.